The summed E-state index contributed by atoms with van der Waals surface area (Å²) in [4.78, 5) is 9.63. The number of thiazole rings is 1. The molecular weight excluding hydrogens is 284 g/mol. The van der Waals surface area contributed by atoms with Gasteiger partial charge >= 0.3 is 0 Å². The van der Waals surface area contributed by atoms with Crippen molar-refractivity contribution in [2.75, 3.05) is 20.2 Å². The maximum atomic E-state index is 5.62. The van der Waals surface area contributed by atoms with E-state index in [1.54, 1.807) is 18.4 Å². The number of nitrogens with zero attached hydrogens (tertiary/aromatic N) is 2. The molecule has 0 spiro atoms. The third-order valence-electron chi connectivity index (χ3n) is 2.89. The van der Waals surface area contributed by atoms with Crippen molar-refractivity contribution in [2.45, 2.75) is 13.5 Å². The smallest absolute Gasteiger partial charge is 0.191 e. The standard InChI is InChI=1S/C15H20N4OS/c1-12-14(21-11-19-12)10-18-15(16-2)17-8-9-20-13-6-4-3-5-7-13/h3-7,11H,8-10H2,1-2H3,(H2,16,17,18). The van der Waals surface area contributed by atoms with Gasteiger partial charge in [0.25, 0.3) is 0 Å². The first-order chi connectivity index (χ1) is 10.3. The molecular formula is C15H20N4OS. The highest BCUT2D eigenvalue weighted by Crippen LogP contribution is 2.11. The van der Waals surface area contributed by atoms with Crippen LogP contribution in [0.15, 0.2) is 40.8 Å². The normalized spacial score (nSPS) is 11.2. The first kappa shape index (κ1) is 15.3. The third-order valence-corrected chi connectivity index (χ3v) is 3.83. The van der Waals surface area contributed by atoms with E-state index in [1.807, 2.05) is 42.8 Å². The third kappa shape index (κ3) is 5.07. The number of rotatable bonds is 6. The molecule has 6 heteroatoms. The summed E-state index contributed by atoms with van der Waals surface area (Å²) in [5.74, 6) is 1.64. The van der Waals surface area contributed by atoms with Gasteiger partial charge in [-0.1, -0.05) is 18.2 Å². The quantitative estimate of drug-likeness (QED) is 0.488. The molecule has 0 radical (unpaired) electrons. The van der Waals surface area contributed by atoms with Crippen molar-refractivity contribution in [1.29, 1.82) is 0 Å². The molecule has 0 saturated heterocycles. The second-order valence-corrected chi connectivity index (χ2v) is 5.31. The van der Waals surface area contributed by atoms with Gasteiger partial charge in [0.05, 0.1) is 24.3 Å². The van der Waals surface area contributed by atoms with Crippen LogP contribution in [0.2, 0.25) is 0 Å². The van der Waals surface area contributed by atoms with Crippen LogP contribution in [0.3, 0.4) is 0 Å². The van der Waals surface area contributed by atoms with Crippen LogP contribution in [0.1, 0.15) is 10.6 Å². The minimum atomic E-state index is 0.588. The highest BCUT2D eigenvalue weighted by molar-refractivity contribution is 7.09. The van der Waals surface area contributed by atoms with Crippen molar-refractivity contribution in [3.05, 3.63) is 46.4 Å². The lowest BCUT2D eigenvalue weighted by Crippen LogP contribution is -2.38. The van der Waals surface area contributed by atoms with E-state index in [4.69, 9.17) is 4.74 Å². The van der Waals surface area contributed by atoms with Crippen LogP contribution in [0.25, 0.3) is 0 Å². The predicted octanol–water partition coefficient (Wildman–Crippen LogP) is 2.20. The summed E-state index contributed by atoms with van der Waals surface area (Å²) in [7, 11) is 1.76. The topological polar surface area (TPSA) is 58.5 Å². The van der Waals surface area contributed by atoms with Crippen LogP contribution >= 0.6 is 11.3 Å². The van der Waals surface area contributed by atoms with Crippen LogP contribution in [-0.4, -0.2) is 31.1 Å². The Labute approximate surface area is 129 Å². The van der Waals surface area contributed by atoms with E-state index in [0.29, 0.717) is 13.2 Å². The maximum Gasteiger partial charge on any atom is 0.191 e. The van der Waals surface area contributed by atoms with Gasteiger partial charge in [0, 0.05) is 11.9 Å². The lowest BCUT2D eigenvalue weighted by molar-refractivity contribution is 0.322. The van der Waals surface area contributed by atoms with Crippen molar-refractivity contribution in [2.24, 2.45) is 4.99 Å². The SMILES string of the molecule is CN=C(NCCOc1ccccc1)NCc1scnc1C. The zero-order valence-corrected chi connectivity index (χ0v) is 13.1. The van der Waals surface area contributed by atoms with E-state index in [9.17, 15) is 0 Å². The number of aryl methyl sites for hydroxylation is 1. The number of hydrogen-bond donors (Lipinski definition) is 2. The van der Waals surface area contributed by atoms with Gasteiger partial charge in [0.15, 0.2) is 5.96 Å². The number of ether oxygens (including phenoxy) is 1. The summed E-state index contributed by atoms with van der Waals surface area (Å²) in [6.45, 7) is 4.02. The molecule has 5 nitrogen and oxygen atoms in total. The molecule has 0 bridgehead atoms. The lowest BCUT2D eigenvalue weighted by atomic mass is 10.3. The molecule has 1 aromatic heterocycles. The first-order valence-electron chi connectivity index (χ1n) is 6.81. The van der Waals surface area contributed by atoms with Gasteiger partial charge in [-0.2, -0.15) is 0 Å². The average Bonchev–Trinajstić information content (AvgIpc) is 2.93. The molecule has 0 unspecified atom stereocenters. The first-order valence-corrected chi connectivity index (χ1v) is 7.69. The molecule has 0 aliphatic heterocycles. The van der Waals surface area contributed by atoms with E-state index < -0.39 is 0 Å². The number of benzene rings is 1. The molecule has 2 rings (SSSR count). The van der Waals surface area contributed by atoms with Gasteiger partial charge in [0.2, 0.25) is 0 Å². The molecule has 2 aromatic rings. The molecule has 0 amide bonds. The Balaban J connectivity index is 1.67. The molecule has 112 valence electrons. The van der Waals surface area contributed by atoms with Gasteiger partial charge in [-0.3, -0.25) is 4.99 Å². The second-order valence-electron chi connectivity index (χ2n) is 4.38. The van der Waals surface area contributed by atoms with Crippen LogP contribution in [0.4, 0.5) is 0 Å². The van der Waals surface area contributed by atoms with Crippen LogP contribution < -0.4 is 15.4 Å². The Morgan fingerprint density at radius 2 is 2.10 bits per heavy atom. The summed E-state index contributed by atoms with van der Waals surface area (Å²) in [6.07, 6.45) is 0. The van der Waals surface area contributed by atoms with Gasteiger partial charge in [-0.05, 0) is 19.1 Å². The molecule has 0 saturated carbocycles. The summed E-state index contributed by atoms with van der Waals surface area (Å²) in [6, 6.07) is 9.78. The number of aromatic nitrogens is 1. The minimum absolute atomic E-state index is 0.588. The van der Waals surface area contributed by atoms with E-state index in [-0.39, 0.29) is 0 Å². The maximum absolute atomic E-state index is 5.62. The summed E-state index contributed by atoms with van der Waals surface area (Å²) in [5.41, 5.74) is 2.92. The highest BCUT2D eigenvalue weighted by Gasteiger charge is 2.03. The van der Waals surface area contributed by atoms with Crippen molar-refractivity contribution in [1.82, 2.24) is 15.6 Å². The van der Waals surface area contributed by atoms with E-state index in [1.165, 1.54) is 4.88 Å². The minimum Gasteiger partial charge on any atom is -0.492 e. The molecule has 1 aromatic carbocycles. The van der Waals surface area contributed by atoms with E-state index in [2.05, 4.69) is 20.6 Å². The molecule has 0 aliphatic rings. The summed E-state index contributed by atoms with van der Waals surface area (Å²) < 4.78 is 5.62. The number of hydrogen-bond acceptors (Lipinski definition) is 4. The number of nitrogens with one attached hydrogen (secondary N) is 2. The number of aliphatic imine (C=N–C) groups is 1. The zero-order chi connectivity index (χ0) is 14.9. The number of para-hydroxylation sites is 1. The van der Waals surface area contributed by atoms with Crippen LogP contribution in [0, 0.1) is 6.92 Å². The van der Waals surface area contributed by atoms with Crippen molar-refractivity contribution in [3.63, 3.8) is 0 Å². The van der Waals surface area contributed by atoms with Crippen molar-refractivity contribution in [3.8, 4) is 5.75 Å². The molecule has 1 heterocycles. The van der Waals surface area contributed by atoms with E-state index in [0.717, 1.165) is 23.9 Å². The molecule has 21 heavy (non-hydrogen) atoms. The Kier molecular flexibility index (Phi) is 6.02. The fourth-order valence-electron chi connectivity index (χ4n) is 1.74. The average molecular weight is 304 g/mol. The summed E-state index contributed by atoms with van der Waals surface area (Å²) in [5, 5.41) is 6.48. The Hall–Kier alpha value is -2.08. The van der Waals surface area contributed by atoms with E-state index >= 15 is 0 Å². The number of guanidine groups is 1. The summed E-state index contributed by atoms with van der Waals surface area (Å²) >= 11 is 1.65. The van der Waals surface area contributed by atoms with Crippen LogP contribution in [0.5, 0.6) is 5.75 Å². The van der Waals surface area contributed by atoms with Crippen LogP contribution in [-0.2, 0) is 6.54 Å². The molecule has 0 fully saturated rings. The largest absolute Gasteiger partial charge is 0.492 e. The Bertz CT molecular complexity index is 568. The zero-order valence-electron chi connectivity index (χ0n) is 12.3. The molecule has 2 N–H and O–H groups in total. The van der Waals surface area contributed by atoms with Gasteiger partial charge in [-0.15, -0.1) is 11.3 Å². The molecule has 0 aliphatic carbocycles. The highest BCUT2D eigenvalue weighted by atomic mass is 32.1. The second kappa shape index (κ2) is 8.26. The molecule has 0 atom stereocenters. The monoisotopic (exact) mass is 304 g/mol. The predicted molar refractivity (Wildman–Crippen MR) is 87.0 cm³/mol. The van der Waals surface area contributed by atoms with Gasteiger partial charge in [0.1, 0.15) is 12.4 Å². The van der Waals surface area contributed by atoms with Gasteiger partial charge in [-0.25, -0.2) is 4.98 Å². The fourth-order valence-corrected chi connectivity index (χ4v) is 2.45. The Morgan fingerprint density at radius 1 is 1.29 bits per heavy atom. The fraction of sp³-hybridized carbons (Fsp3) is 0.333. The van der Waals surface area contributed by atoms with Gasteiger partial charge < -0.3 is 15.4 Å². The van der Waals surface area contributed by atoms with Crippen molar-refractivity contribution < 1.29 is 4.74 Å². The lowest BCUT2D eigenvalue weighted by Gasteiger charge is -2.12. The van der Waals surface area contributed by atoms with Crippen molar-refractivity contribution >= 4 is 17.3 Å². The Morgan fingerprint density at radius 3 is 2.76 bits per heavy atom.